The summed E-state index contributed by atoms with van der Waals surface area (Å²) >= 11 is 3.51. The molecular formula is C32H32BrFN2O4. The maximum absolute atomic E-state index is 14.0. The number of hydrogen-bond donors (Lipinski definition) is 1. The normalized spacial score (nSPS) is 12.5. The molecule has 0 fully saturated rings. The van der Waals surface area contributed by atoms with E-state index in [1.807, 2.05) is 74.5 Å². The molecule has 2 atom stereocenters. The van der Waals surface area contributed by atoms with Gasteiger partial charge in [-0.15, -0.1) is 0 Å². The molecule has 0 radical (unpaired) electrons. The molecule has 0 bridgehead atoms. The molecule has 0 saturated heterocycles. The van der Waals surface area contributed by atoms with Crippen LogP contribution in [-0.4, -0.2) is 36.9 Å². The van der Waals surface area contributed by atoms with Gasteiger partial charge in [0.1, 0.15) is 5.75 Å². The lowest BCUT2D eigenvalue weighted by molar-refractivity contribution is -0.158. The zero-order valence-corrected chi connectivity index (χ0v) is 24.3. The second kappa shape index (κ2) is 13.5. The molecule has 2 unspecified atom stereocenters. The molecule has 8 heteroatoms. The maximum Gasteiger partial charge on any atom is 0.309 e. The molecule has 0 aliphatic carbocycles. The highest BCUT2D eigenvalue weighted by atomic mass is 79.9. The maximum atomic E-state index is 14.0. The van der Waals surface area contributed by atoms with Crippen LogP contribution in [0.1, 0.15) is 53.6 Å². The average Bonchev–Trinajstić information content (AvgIpc) is 2.95. The van der Waals surface area contributed by atoms with Crippen molar-refractivity contribution >= 4 is 38.7 Å². The topological polar surface area (TPSA) is 77.5 Å². The lowest BCUT2D eigenvalue weighted by atomic mass is 9.94. The molecule has 4 rings (SSSR count). The van der Waals surface area contributed by atoms with E-state index in [9.17, 15) is 14.0 Å². The highest BCUT2D eigenvalue weighted by molar-refractivity contribution is 9.10. The quantitative estimate of drug-likeness (QED) is 0.179. The molecule has 1 amide bonds. The van der Waals surface area contributed by atoms with Crippen LogP contribution in [0.25, 0.3) is 22.2 Å². The molecule has 4 aromatic rings. The monoisotopic (exact) mass is 606 g/mol. The number of rotatable bonds is 11. The van der Waals surface area contributed by atoms with E-state index < -0.39 is 18.2 Å². The number of aromatic nitrogens is 1. The number of halogens is 2. The Balaban J connectivity index is 1.66. The highest BCUT2D eigenvalue weighted by Gasteiger charge is 2.24. The average molecular weight is 608 g/mol. The predicted octanol–water partition coefficient (Wildman–Crippen LogP) is 7.52. The number of carbonyl (C=O) groups excluding carboxylic acids is 2. The van der Waals surface area contributed by atoms with Gasteiger partial charge in [-0.05, 0) is 54.8 Å². The highest BCUT2D eigenvalue weighted by Crippen LogP contribution is 2.32. The number of ether oxygens (including phenoxy) is 2. The molecular weight excluding hydrogens is 575 g/mol. The summed E-state index contributed by atoms with van der Waals surface area (Å²) < 4.78 is 25.2. The van der Waals surface area contributed by atoms with Crippen LogP contribution in [0.5, 0.6) is 5.75 Å². The summed E-state index contributed by atoms with van der Waals surface area (Å²) in [6.07, 6.45) is -1.06. The molecule has 1 aromatic heterocycles. The fraction of sp³-hybridized carbons (Fsp3) is 0.281. The first kappa shape index (κ1) is 29.2. The van der Waals surface area contributed by atoms with Gasteiger partial charge in [0.2, 0.25) is 6.36 Å². The number of hydrogen-bond acceptors (Lipinski definition) is 5. The Bertz CT molecular complexity index is 1500. The number of carbonyl (C=O) groups is 2. The van der Waals surface area contributed by atoms with E-state index >= 15 is 0 Å². The second-order valence-electron chi connectivity index (χ2n) is 9.56. The van der Waals surface area contributed by atoms with Gasteiger partial charge < -0.3 is 14.8 Å². The zero-order chi connectivity index (χ0) is 28.6. The molecule has 6 nitrogen and oxygen atoms in total. The number of alkyl halides is 1. The van der Waals surface area contributed by atoms with Crippen LogP contribution < -0.4 is 10.1 Å². The third kappa shape index (κ3) is 7.04. The standard InChI is InChI=1S/C32H32BrFN2O4/c1-4-9-28(34)40-29(37)17-23(22-12-8-13-25(16-22)39-3)19-35-32(38)30-20(2)31(21-10-6-5-7-11-21)36-27-15-14-24(33)18-26(27)30/h5-8,10-16,18,23,28H,4,9,17,19H2,1-3H3,(H,35,38). The molecule has 1 N–H and O–H groups in total. The van der Waals surface area contributed by atoms with Gasteiger partial charge in [0.05, 0.1) is 30.3 Å². The van der Waals surface area contributed by atoms with Crippen molar-refractivity contribution in [1.82, 2.24) is 10.3 Å². The van der Waals surface area contributed by atoms with E-state index in [2.05, 4.69) is 21.2 Å². The Morgan fingerprint density at radius 3 is 2.55 bits per heavy atom. The zero-order valence-electron chi connectivity index (χ0n) is 22.7. The van der Waals surface area contributed by atoms with Crippen molar-refractivity contribution < 1.29 is 23.5 Å². The van der Waals surface area contributed by atoms with Crippen LogP contribution in [0.2, 0.25) is 0 Å². The number of methoxy groups -OCH3 is 1. The van der Waals surface area contributed by atoms with Crippen LogP contribution in [-0.2, 0) is 9.53 Å². The van der Waals surface area contributed by atoms with Crippen molar-refractivity contribution in [3.8, 4) is 17.0 Å². The SMILES string of the molecule is CCCC(F)OC(=O)CC(CNC(=O)c1c(C)c(-c2ccccc2)nc2ccc(Br)cc12)c1cccc(OC)c1. The number of nitrogens with one attached hydrogen (secondary N) is 1. The van der Waals surface area contributed by atoms with E-state index in [1.54, 1.807) is 19.2 Å². The molecule has 0 saturated carbocycles. The molecule has 0 spiro atoms. The summed E-state index contributed by atoms with van der Waals surface area (Å²) in [5, 5.41) is 3.74. The summed E-state index contributed by atoms with van der Waals surface area (Å²) in [6, 6.07) is 22.6. The third-order valence-electron chi connectivity index (χ3n) is 6.73. The van der Waals surface area contributed by atoms with Crippen LogP contribution >= 0.6 is 15.9 Å². The summed E-state index contributed by atoms with van der Waals surface area (Å²) in [6.45, 7) is 3.84. The van der Waals surface area contributed by atoms with Crippen molar-refractivity contribution in [2.75, 3.05) is 13.7 Å². The smallest absolute Gasteiger partial charge is 0.309 e. The molecule has 208 valence electrons. The van der Waals surface area contributed by atoms with E-state index in [4.69, 9.17) is 14.5 Å². The fourth-order valence-corrected chi connectivity index (χ4v) is 5.05. The first-order valence-corrected chi connectivity index (χ1v) is 14.0. The van der Waals surface area contributed by atoms with Crippen molar-refractivity contribution in [3.05, 3.63) is 94.0 Å². The van der Waals surface area contributed by atoms with E-state index in [0.29, 0.717) is 28.6 Å². The summed E-state index contributed by atoms with van der Waals surface area (Å²) in [7, 11) is 1.56. The van der Waals surface area contributed by atoms with Crippen molar-refractivity contribution in [3.63, 3.8) is 0 Å². The van der Waals surface area contributed by atoms with Crippen LogP contribution in [0.15, 0.2) is 77.3 Å². The van der Waals surface area contributed by atoms with Crippen molar-refractivity contribution in [2.45, 2.75) is 45.4 Å². The second-order valence-corrected chi connectivity index (χ2v) is 10.5. The number of fused-ring (bicyclic) bond motifs is 1. The molecule has 0 aliphatic rings. The summed E-state index contributed by atoms with van der Waals surface area (Å²) in [5.74, 6) is -0.807. The molecule has 0 aliphatic heterocycles. The Morgan fingerprint density at radius 1 is 1.05 bits per heavy atom. The van der Waals surface area contributed by atoms with E-state index in [-0.39, 0.29) is 25.3 Å². The van der Waals surface area contributed by atoms with Gasteiger partial charge in [0.25, 0.3) is 5.91 Å². The summed E-state index contributed by atoms with van der Waals surface area (Å²) in [4.78, 5) is 31.3. The van der Waals surface area contributed by atoms with Crippen LogP contribution in [0, 0.1) is 6.92 Å². The predicted molar refractivity (Wildman–Crippen MR) is 158 cm³/mol. The van der Waals surface area contributed by atoms with Gasteiger partial charge in [0.15, 0.2) is 0 Å². The Morgan fingerprint density at radius 2 is 1.82 bits per heavy atom. The number of pyridine rings is 1. The summed E-state index contributed by atoms with van der Waals surface area (Å²) in [5.41, 5.74) is 4.33. The Hall–Kier alpha value is -3.78. The van der Waals surface area contributed by atoms with E-state index in [1.165, 1.54) is 0 Å². The minimum Gasteiger partial charge on any atom is -0.497 e. The molecule has 3 aromatic carbocycles. The van der Waals surface area contributed by atoms with Gasteiger partial charge in [-0.3, -0.25) is 9.59 Å². The lowest BCUT2D eigenvalue weighted by Crippen LogP contribution is -2.31. The van der Waals surface area contributed by atoms with Crippen LogP contribution in [0.4, 0.5) is 4.39 Å². The van der Waals surface area contributed by atoms with E-state index in [0.717, 1.165) is 26.9 Å². The first-order valence-electron chi connectivity index (χ1n) is 13.2. The van der Waals surface area contributed by atoms with Gasteiger partial charge in [-0.2, -0.15) is 0 Å². The number of amides is 1. The Kier molecular flexibility index (Phi) is 9.88. The van der Waals surface area contributed by atoms with Crippen molar-refractivity contribution in [2.24, 2.45) is 0 Å². The minimum absolute atomic E-state index is 0.103. The van der Waals surface area contributed by atoms with Gasteiger partial charge >= 0.3 is 5.97 Å². The van der Waals surface area contributed by atoms with Crippen molar-refractivity contribution in [1.29, 1.82) is 0 Å². The molecule has 40 heavy (non-hydrogen) atoms. The Labute approximate surface area is 242 Å². The lowest BCUT2D eigenvalue weighted by Gasteiger charge is -2.20. The van der Waals surface area contributed by atoms with Gasteiger partial charge in [-0.25, -0.2) is 9.37 Å². The molecule has 1 heterocycles. The third-order valence-corrected chi connectivity index (χ3v) is 7.22. The number of nitrogens with zero attached hydrogens (tertiary/aromatic N) is 1. The largest absolute Gasteiger partial charge is 0.497 e. The van der Waals surface area contributed by atoms with Crippen LogP contribution in [0.3, 0.4) is 0 Å². The number of benzene rings is 3. The number of esters is 1. The minimum atomic E-state index is -1.65. The fourth-order valence-electron chi connectivity index (χ4n) is 4.69. The van der Waals surface area contributed by atoms with Gasteiger partial charge in [-0.1, -0.05) is 65.3 Å². The van der Waals surface area contributed by atoms with Gasteiger partial charge in [0, 0.05) is 34.3 Å². The first-order chi connectivity index (χ1) is 19.3.